The molecule has 1 amide bonds. The Labute approximate surface area is 194 Å². The maximum absolute atomic E-state index is 13.6. The molecule has 2 aromatic rings. The highest BCUT2D eigenvalue weighted by atomic mass is 16.5. The summed E-state index contributed by atoms with van der Waals surface area (Å²) in [6, 6.07) is 13.7. The average molecular weight is 447 g/mol. The fraction of sp³-hybridized carbons (Fsp3) is 0.423. The molecule has 33 heavy (non-hydrogen) atoms. The summed E-state index contributed by atoms with van der Waals surface area (Å²) in [6.07, 6.45) is 3.37. The predicted molar refractivity (Wildman–Crippen MR) is 128 cm³/mol. The molecule has 0 aromatic heterocycles. The first-order valence-corrected chi connectivity index (χ1v) is 11.4. The largest absolute Gasteiger partial charge is 0.490 e. The molecule has 172 valence electrons. The number of nitrogens with zero attached hydrogens (tertiary/aromatic N) is 2. The number of guanidine groups is 1. The fourth-order valence-electron chi connectivity index (χ4n) is 5.42. The SMILES string of the molecule is CN1C(=O)C2(CC(C3CCOC(C)(C)C3)Oc3ccc(-c4cccc(C=N)c4)cc32)N=C1N. The van der Waals surface area contributed by atoms with Gasteiger partial charge in [0.2, 0.25) is 0 Å². The molecule has 3 aliphatic rings. The number of nitrogens with two attached hydrogens (primary N) is 1. The number of hydrogen-bond acceptors (Lipinski definition) is 6. The number of hydrogen-bond donors (Lipinski definition) is 2. The number of aliphatic imine (C=N–C) groups is 1. The summed E-state index contributed by atoms with van der Waals surface area (Å²) in [5, 5.41) is 7.57. The Kier molecular flexibility index (Phi) is 5.05. The third-order valence-corrected chi connectivity index (χ3v) is 7.16. The van der Waals surface area contributed by atoms with Crippen LogP contribution >= 0.6 is 0 Å². The first-order chi connectivity index (χ1) is 15.7. The van der Waals surface area contributed by atoms with Crippen LogP contribution in [0.2, 0.25) is 0 Å². The van der Waals surface area contributed by atoms with Gasteiger partial charge in [0, 0.05) is 37.8 Å². The van der Waals surface area contributed by atoms with E-state index in [0.29, 0.717) is 18.8 Å². The van der Waals surface area contributed by atoms with Gasteiger partial charge in [-0.25, -0.2) is 4.99 Å². The lowest BCUT2D eigenvalue weighted by Gasteiger charge is -2.44. The number of rotatable bonds is 3. The van der Waals surface area contributed by atoms with Gasteiger partial charge in [-0.1, -0.05) is 24.3 Å². The lowest BCUT2D eigenvalue weighted by atomic mass is 9.74. The van der Waals surface area contributed by atoms with Crippen molar-refractivity contribution < 1.29 is 14.3 Å². The van der Waals surface area contributed by atoms with E-state index in [1.807, 2.05) is 42.5 Å². The van der Waals surface area contributed by atoms with Crippen molar-refractivity contribution in [3.05, 3.63) is 53.6 Å². The number of carbonyl (C=O) groups excluding carboxylic acids is 1. The van der Waals surface area contributed by atoms with Crippen molar-refractivity contribution >= 4 is 18.1 Å². The first-order valence-electron chi connectivity index (χ1n) is 11.4. The Balaban J connectivity index is 1.60. The molecule has 2 aromatic carbocycles. The number of amides is 1. The van der Waals surface area contributed by atoms with E-state index in [4.69, 9.17) is 25.6 Å². The van der Waals surface area contributed by atoms with Crippen LogP contribution in [0.3, 0.4) is 0 Å². The Bertz CT molecular complexity index is 1160. The fourth-order valence-corrected chi connectivity index (χ4v) is 5.42. The van der Waals surface area contributed by atoms with Crippen LogP contribution in [-0.4, -0.2) is 48.3 Å². The van der Waals surface area contributed by atoms with E-state index in [1.165, 1.54) is 11.1 Å². The molecular formula is C26H30N4O3. The molecule has 1 fully saturated rings. The first kappa shape index (κ1) is 21.6. The third-order valence-electron chi connectivity index (χ3n) is 7.16. The number of fused-ring (bicyclic) bond motifs is 2. The van der Waals surface area contributed by atoms with Crippen molar-refractivity contribution in [1.82, 2.24) is 4.90 Å². The van der Waals surface area contributed by atoms with Crippen LogP contribution in [0.1, 0.15) is 44.2 Å². The molecule has 0 saturated carbocycles. The van der Waals surface area contributed by atoms with Gasteiger partial charge < -0.3 is 20.6 Å². The van der Waals surface area contributed by atoms with E-state index in [-0.39, 0.29) is 29.5 Å². The second-order valence-electron chi connectivity index (χ2n) is 9.90. The molecule has 7 heteroatoms. The smallest absolute Gasteiger partial charge is 0.261 e. The summed E-state index contributed by atoms with van der Waals surface area (Å²) >= 11 is 0. The monoisotopic (exact) mass is 446 g/mol. The Morgan fingerprint density at radius 2 is 1.97 bits per heavy atom. The zero-order valence-corrected chi connectivity index (χ0v) is 19.3. The molecule has 0 radical (unpaired) electrons. The van der Waals surface area contributed by atoms with Gasteiger partial charge in [-0.3, -0.25) is 9.69 Å². The van der Waals surface area contributed by atoms with Gasteiger partial charge in [0.05, 0.1) is 5.60 Å². The van der Waals surface area contributed by atoms with Crippen molar-refractivity contribution in [2.24, 2.45) is 16.6 Å². The summed E-state index contributed by atoms with van der Waals surface area (Å²) < 4.78 is 12.5. The number of benzene rings is 2. The number of ether oxygens (including phenoxy) is 2. The topological polar surface area (TPSA) is 101 Å². The van der Waals surface area contributed by atoms with Crippen LogP contribution in [0.5, 0.6) is 5.75 Å². The highest BCUT2D eigenvalue weighted by molar-refractivity contribution is 6.07. The van der Waals surface area contributed by atoms with Gasteiger partial charge in [0.1, 0.15) is 11.9 Å². The molecule has 1 spiro atoms. The van der Waals surface area contributed by atoms with Crippen LogP contribution in [0.15, 0.2) is 47.5 Å². The summed E-state index contributed by atoms with van der Waals surface area (Å²) in [7, 11) is 1.68. The van der Waals surface area contributed by atoms with Crippen LogP contribution in [0.25, 0.3) is 11.1 Å². The molecule has 3 heterocycles. The van der Waals surface area contributed by atoms with Gasteiger partial charge in [0.25, 0.3) is 5.91 Å². The minimum atomic E-state index is -1.09. The molecular weight excluding hydrogens is 416 g/mol. The van der Waals surface area contributed by atoms with E-state index < -0.39 is 5.54 Å². The minimum Gasteiger partial charge on any atom is -0.490 e. The Morgan fingerprint density at radius 1 is 1.18 bits per heavy atom. The van der Waals surface area contributed by atoms with Gasteiger partial charge in [0.15, 0.2) is 11.5 Å². The highest BCUT2D eigenvalue weighted by Crippen LogP contribution is 2.49. The lowest BCUT2D eigenvalue weighted by molar-refractivity contribution is -0.134. The van der Waals surface area contributed by atoms with Gasteiger partial charge in [-0.15, -0.1) is 0 Å². The van der Waals surface area contributed by atoms with Gasteiger partial charge in [-0.2, -0.15) is 0 Å². The molecule has 0 bridgehead atoms. The summed E-state index contributed by atoms with van der Waals surface area (Å²) in [6.45, 7) is 4.88. The zero-order chi connectivity index (χ0) is 23.4. The van der Waals surface area contributed by atoms with E-state index in [1.54, 1.807) is 7.05 Å². The average Bonchev–Trinajstić information content (AvgIpc) is 3.02. The number of nitrogens with one attached hydrogen (secondary N) is 1. The zero-order valence-electron chi connectivity index (χ0n) is 19.3. The van der Waals surface area contributed by atoms with Crippen molar-refractivity contribution in [3.8, 4) is 16.9 Å². The van der Waals surface area contributed by atoms with Crippen molar-refractivity contribution in [2.45, 2.75) is 50.4 Å². The van der Waals surface area contributed by atoms with Crippen LogP contribution in [0, 0.1) is 11.3 Å². The predicted octanol–water partition coefficient (Wildman–Crippen LogP) is 3.69. The van der Waals surface area contributed by atoms with E-state index >= 15 is 0 Å². The standard InChI is InChI=1S/C26H30N4O3/c1-25(2)13-19(9-10-32-25)22-14-26(23(31)30(3)24(28)29-26)20-12-18(7-8-21(20)33-22)17-6-4-5-16(11-17)15-27/h4-8,11-12,15,19,22,27H,9-10,13-14H2,1-3H3,(H2,28,29). The van der Waals surface area contributed by atoms with Crippen LogP contribution in [-0.2, 0) is 15.1 Å². The summed E-state index contributed by atoms with van der Waals surface area (Å²) in [5.74, 6) is 1.06. The lowest BCUT2D eigenvalue weighted by Crippen LogP contribution is -2.49. The van der Waals surface area contributed by atoms with Gasteiger partial charge >= 0.3 is 0 Å². The third kappa shape index (κ3) is 3.60. The van der Waals surface area contributed by atoms with Crippen molar-refractivity contribution in [3.63, 3.8) is 0 Å². The molecule has 1 saturated heterocycles. The van der Waals surface area contributed by atoms with Crippen LogP contribution in [0.4, 0.5) is 0 Å². The highest BCUT2D eigenvalue weighted by Gasteiger charge is 2.55. The maximum Gasteiger partial charge on any atom is 0.261 e. The van der Waals surface area contributed by atoms with E-state index in [2.05, 4.69) is 13.8 Å². The van der Waals surface area contributed by atoms with E-state index in [0.717, 1.165) is 35.1 Å². The van der Waals surface area contributed by atoms with Crippen molar-refractivity contribution in [2.75, 3.05) is 13.7 Å². The molecule has 3 N–H and O–H groups in total. The van der Waals surface area contributed by atoms with Crippen molar-refractivity contribution in [1.29, 1.82) is 5.41 Å². The summed E-state index contributed by atoms with van der Waals surface area (Å²) in [5.41, 5.74) is 8.33. The maximum atomic E-state index is 13.6. The molecule has 7 nitrogen and oxygen atoms in total. The van der Waals surface area contributed by atoms with Crippen LogP contribution < -0.4 is 10.5 Å². The quantitative estimate of drug-likeness (QED) is 0.702. The minimum absolute atomic E-state index is 0.119. The molecule has 3 atom stereocenters. The number of likely N-dealkylation sites (N-methyl/N-ethyl adjacent to an activating group) is 1. The molecule has 5 rings (SSSR count). The number of carbonyl (C=O) groups is 1. The Morgan fingerprint density at radius 3 is 2.67 bits per heavy atom. The summed E-state index contributed by atoms with van der Waals surface area (Å²) in [4.78, 5) is 19.8. The Hall–Kier alpha value is -3.19. The molecule has 3 unspecified atom stereocenters. The second-order valence-corrected chi connectivity index (χ2v) is 9.90. The second kappa shape index (κ2) is 7.70. The molecule has 0 aliphatic carbocycles. The normalized spacial score (nSPS) is 28.3. The van der Waals surface area contributed by atoms with E-state index in [9.17, 15) is 4.79 Å². The van der Waals surface area contributed by atoms with Gasteiger partial charge in [-0.05, 0) is 61.6 Å². The molecule has 3 aliphatic heterocycles.